The molecule has 0 saturated heterocycles. The molecule has 0 radical (unpaired) electrons. The second kappa shape index (κ2) is 15.5. The number of hydrogen-bond donors (Lipinski definition) is 0. The van der Waals surface area contributed by atoms with E-state index in [9.17, 15) is 0 Å². The van der Waals surface area contributed by atoms with E-state index in [0.717, 1.165) is 17.2 Å². The molecule has 0 nitrogen and oxygen atoms in total. The van der Waals surface area contributed by atoms with E-state index in [2.05, 4.69) is 111 Å². The van der Waals surface area contributed by atoms with Gasteiger partial charge in [0.15, 0.2) is 0 Å². The van der Waals surface area contributed by atoms with Crippen molar-refractivity contribution >= 4 is 37.5 Å². The van der Waals surface area contributed by atoms with Crippen LogP contribution in [-0.2, 0) is 17.3 Å². The third kappa shape index (κ3) is 10.3. The van der Waals surface area contributed by atoms with Gasteiger partial charge in [0.2, 0.25) is 0 Å². The molecule has 3 rings (SSSR count). The zero-order valence-corrected chi connectivity index (χ0v) is 23.3. The van der Waals surface area contributed by atoms with Crippen LogP contribution in [0.25, 0.3) is 0 Å². The second-order valence-electron chi connectivity index (χ2n) is 7.92. The van der Waals surface area contributed by atoms with Crippen LogP contribution < -0.4 is 10.6 Å². The number of allylic oxidation sites excluding steroid dienone is 4. The molecule has 0 fully saturated rings. The molecule has 0 spiro atoms. The van der Waals surface area contributed by atoms with Gasteiger partial charge in [0, 0.05) is 0 Å². The molecule has 2 aromatic rings. The molecule has 4 heteroatoms. The van der Waals surface area contributed by atoms with Gasteiger partial charge in [-0.2, -0.15) is 11.1 Å². The molecule has 0 heterocycles. The second-order valence-corrected chi connectivity index (χ2v) is 10.8. The predicted molar refractivity (Wildman–Crippen MR) is 138 cm³/mol. The molecule has 2 atom stereocenters. The first kappa shape index (κ1) is 27.7. The number of unbranched alkanes of at least 4 members (excludes halogenated alkanes) is 1. The van der Waals surface area contributed by atoms with E-state index < -0.39 is 0 Å². The summed E-state index contributed by atoms with van der Waals surface area (Å²) in [5.41, 5.74) is 4.39. The average Bonchev–Trinajstić information content (AvgIpc) is 2.95. The molecule has 0 amide bonds. The summed E-state index contributed by atoms with van der Waals surface area (Å²) in [5.74, 6) is 0. The molecule has 1 aliphatic rings. The van der Waals surface area contributed by atoms with Crippen molar-refractivity contribution in [3.05, 3.63) is 83.5 Å². The van der Waals surface area contributed by atoms with E-state index in [-0.39, 0.29) is 5.41 Å². The molecule has 30 heavy (non-hydrogen) atoms. The van der Waals surface area contributed by atoms with Crippen molar-refractivity contribution in [1.29, 1.82) is 0 Å². The SMILES string of the molecule is CC1=[C-]C(C)(C)C(C)=C1C.[Cl][Ru+].c1ccc(PCCCCPc2ccccc2)cc1. The van der Waals surface area contributed by atoms with Gasteiger partial charge in [0.05, 0.1) is 0 Å². The van der Waals surface area contributed by atoms with Gasteiger partial charge < -0.3 is 0 Å². The Hall–Kier alpha value is -0.307. The van der Waals surface area contributed by atoms with Gasteiger partial charge in [-0.05, 0) is 35.8 Å². The summed E-state index contributed by atoms with van der Waals surface area (Å²) >= 11 is 1.82. The van der Waals surface area contributed by atoms with E-state index >= 15 is 0 Å². The Morgan fingerprint density at radius 1 is 0.767 bits per heavy atom. The Morgan fingerprint density at radius 2 is 1.17 bits per heavy atom. The standard InChI is InChI=1S/C16H20P2.C10H15.ClH.Ru/c1-3-9-15(10-4-1)17-13-7-8-14-18-16-11-5-2-6-12-16;1-7-6-10(4,5)9(3)8(7)2;;/h1-6,9-12,17-18H,7-8,13-14H2;1-5H3;1H;/q;-1;;+2/p-1. The van der Waals surface area contributed by atoms with Crippen LogP contribution >= 0.6 is 26.9 Å². The minimum absolute atomic E-state index is 0.189. The molecule has 0 aliphatic heterocycles. The minimum atomic E-state index is 0.189. The quantitative estimate of drug-likeness (QED) is 0.146. The van der Waals surface area contributed by atoms with Crippen molar-refractivity contribution in [1.82, 2.24) is 0 Å². The molecule has 1 aliphatic carbocycles. The molecular formula is C26H35ClP2Ru. The van der Waals surface area contributed by atoms with E-state index in [1.807, 2.05) is 17.3 Å². The summed E-state index contributed by atoms with van der Waals surface area (Å²) in [7, 11) is 6.54. The van der Waals surface area contributed by atoms with E-state index in [4.69, 9.17) is 0 Å². The Morgan fingerprint density at radius 3 is 1.43 bits per heavy atom. The van der Waals surface area contributed by atoms with Crippen LogP contribution in [0.2, 0.25) is 0 Å². The largest absolute Gasteiger partial charge is 0.0904 e. The van der Waals surface area contributed by atoms with Crippen LogP contribution in [0, 0.1) is 11.5 Å². The minimum Gasteiger partial charge on any atom is -0.0904 e. The van der Waals surface area contributed by atoms with E-state index in [1.165, 1.54) is 52.5 Å². The zero-order chi connectivity index (χ0) is 22.4. The van der Waals surface area contributed by atoms with Crippen LogP contribution in [0.3, 0.4) is 0 Å². The number of rotatable bonds is 7. The summed E-state index contributed by atoms with van der Waals surface area (Å²) in [6.45, 7) is 10.9. The van der Waals surface area contributed by atoms with Crippen molar-refractivity contribution in [2.45, 2.75) is 47.5 Å². The van der Waals surface area contributed by atoms with Crippen LogP contribution in [0.1, 0.15) is 47.5 Å². The normalized spacial score (nSPS) is 15.1. The maximum atomic E-state index is 4.57. The molecule has 2 aromatic carbocycles. The first-order chi connectivity index (χ1) is 14.4. The Labute approximate surface area is 202 Å². The predicted octanol–water partition coefficient (Wildman–Crippen LogP) is 7.57. The number of hydrogen-bond acceptors (Lipinski definition) is 0. The fraction of sp³-hybridized carbons (Fsp3) is 0.385. The maximum Gasteiger partial charge on any atom is -0.0271 e. The third-order valence-electron chi connectivity index (χ3n) is 5.37. The van der Waals surface area contributed by atoms with Gasteiger partial charge in [0.25, 0.3) is 0 Å². The summed E-state index contributed by atoms with van der Waals surface area (Å²) in [5, 5.41) is 3.01. The fourth-order valence-electron chi connectivity index (χ4n) is 3.23. The number of benzene rings is 2. The van der Waals surface area contributed by atoms with Crippen molar-refractivity contribution < 1.29 is 17.3 Å². The van der Waals surface area contributed by atoms with Gasteiger partial charge in [-0.3, -0.25) is 6.08 Å². The Bertz CT molecular complexity index is 740. The fourth-order valence-corrected chi connectivity index (χ4v) is 5.52. The van der Waals surface area contributed by atoms with Crippen LogP contribution in [0.5, 0.6) is 0 Å². The molecule has 0 N–H and O–H groups in total. The van der Waals surface area contributed by atoms with Gasteiger partial charge in [-0.25, -0.2) is 5.57 Å². The number of halogens is 1. The first-order valence-electron chi connectivity index (χ1n) is 10.4. The Kier molecular flexibility index (Phi) is 14.3. The van der Waals surface area contributed by atoms with Crippen molar-refractivity contribution in [3.63, 3.8) is 0 Å². The topological polar surface area (TPSA) is 0 Å². The molecule has 164 valence electrons. The average molecular weight is 546 g/mol. The van der Waals surface area contributed by atoms with Crippen molar-refractivity contribution in [2.75, 3.05) is 12.3 Å². The summed E-state index contributed by atoms with van der Waals surface area (Å²) in [4.78, 5) is 0. The van der Waals surface area contributed by atoms with Gasteiger partial charge >= 0.3 is 27.0 Å². The summed E-state index contributed by atoms with van der Waals surface area (Å²) in [6.07, 6.45) is 8.87. The molecule has 0 saturated carbocycles. The summed E-state index contributed by atoms with van der Waals surface area (Å²) in [6, 6.07) is 21.7. The van der Waals surface area contributed by atoms with Gasteiger partial charge in [-0.15, -0.1) is 6.92 Å². The van der Waals surface area contributed by atoms with Gasteiger partial charge in [0.1, 0.15) is 0 Å². The smallest absolute Gasteiger partial charge is 0.0271 e. The van der Waals surface area contributed by atoms with Gasteiger partial charge in [-0.1, -0.05) is 111 Å². The maximum absolute atomic E-state index is 4.57. The van der Waals surface area contributed by atoms with Crippen molar-refractivity contribution in [3.8, 4) is 0 Å². The molecular weight excluding hydrogens is 511 g/mol. The van der Waals surface area contributed by atoms with Crippen LogP contribution in [-0.4, -0.2) is 12.3 Å². The first-order valence-corrected chi connectivity index (χ1v) is 15.1. The van der Waals surface area contributed by atoms with Crippen LogP contribution in [0.15, 0.2) is 77.4 Å². The monoisotopic (exact) mass is 546 g/mol. The third-order valence-corrected chi connectivity index (χ3v) is 8.06. The van der Waals surface area contributed by atoms with Crippen molar-refractivity contribution in [2.24, 2.45) is 5.41 Å². The molecule has 2 unspecified atom stereocenters. The van der Waals surface area contributed by atoms with E-state index in [1.54, 1.807) is 0 Å². The Balaban J connectivity index is 0.000000318. The molecule has 0 bridgehead atoms. The zero-order valence-electron chi connectivity index (χ0n) is 18.8. The summed E-state index contributed by atoms with van der Waals surface area (Å²) < 4.78 is 0. The van der Waals surface area contributed by atoms with Crippen LogP contribution in [0.4, 0.5) is 0 Å². The van der Waals surface area contributed by atoms with E-state index in [0.29, 0.717) is 0 Å². The molecule has 0 aromatic heterocycles.